The third-order valence-corrected chi connectivity index (χ3v) is 5.44. The van der Waals surface area contributed by atoms with Gasteiger partial charge < -0.3 is 16.2 Å². The number of carbonyl (C=O) groups excluding carboxylic acids is 1. The summed E-state index contributed by atoms with van der Waals surface area (Å²) in [7, 11) is 0. The van der Waals surface area contributed by atoms with Crippen molar-refractivity contribution in [3.8, 4) is 0 Å². The number of Topliss-reactive ketones (excluding diaryl/α,β-unsaturated/α-hetero) is 1. The summed E-state index contributed by atoms with van der Waals surface area (Å²) >= 11 is 0. The van der Waals surface area contributed by atoms with Gasteiger partial charge >= 0.3 is 5.97 Å². The lowest BCUT2D eigenvalue weighted by molar-refractivity contribution is -0.143. The zero-order valence-electron chi connectivity index (χ0n) is 18.1. The van der Waals surface area contributed by atoms with E-state index in [1.807, 2.05) is 0 Å². The standard InChI is InChI=1S/C23H25F2N5O3/c1-13(31)20(27-11-14-6-2-4-8-16(14)24)10-18(26)22-28-12-17(25)21(30-22)29-19-9-5-3-7-15(19)23(32)33/h2,4,6,8,10,12,15,19H,3,5,7,9,11,26H2,1H3,(H,32,33)(H,28,29,30). The van der Waals surface area contributed by atoms with E-state index in [-0.39, 0.29) is 29.6 Å². The minimum absolute atomic E-state index is 0.0172. The van der Waals surface area contributed by atoms with Crippen molar-refractivity contribution in [1.82, 2.24) is 9.97 Å². The van der Waals surface area contributed by atoms with E-state index >= 15 is 0 Å². The number of ketones is 1. The molecule has 2 aromatic rings. The topological polar surface area (TPSA) is 131 Å². The minimum Gasteiger partial charge on any atom is -0.481 e. The lowest BCUT2D eigenvalue weighted by Gasteiger charge is -2.29. The summed E-state index contributed by atoms with van der Waals surface area (Å²) in [5.74, 6) is -3.41. The number of carbonyl (C=O) groups is 2. The summed E-state index contributed by atoms with van der Waals surface area (Å²) in [6.07, 6.45) is 4.86. The number of carboxylic acids is 1. The molecule has 4 N–H and O–H groups in total. The van der Waals surface area contributed by atoms with Crippen molar-refractivity contribution < 1.29 is 23.5 Å². The number of rotatable bonds is 8. The molecule has 10 heteroatoms. The Bertz CT molecular complexity index is 1100. The van der Waals surface area contributed by atoms with E-state index in [1.165, 1.54) is 19.1 Å². The van der Waals surface area contributed by atoms with Gasteiger partial charge in [0.05, 0.1) is 24.4 Å². The summed E-state index contributed by atoms with van der Waals surface area (Å²) in [5, 5.41) is 12.3. The fourth-order valence-corrected chi connectivity index (χ4v) is 3.65. The Kier molecular flexibility index (Phi) is 7.81. The average molecular weight is 457 g/mol. The summed E-state index contributed by atoms with van der Waals surface area (Å²) in [4.78, 5) is 35.6. The number of nitrogens with zero attached hydrogens (tertiary/aromatic N) is 3. The van der Waals surface area contributed by atoms with E-state index in [1.54, 1.807) is 18.2 Å². The van der Waals surface area contributed by atoms with E-state index in [2.05, 4.69) is 20.3 Å². The highest BCUT2D eigenvalue weighted by atomic mass is 19.1. The normalized spacial score (nSPS) is 19.2. The van der Waals surface area contributed by atoms with Crippen molar-refractivity contribution in [3.05, 3.63) is 59.6 Å². The number of aliphatic imine (C=N–C) groups is 1. The first kappa shape index (κ1) is 24.0. The molecule has 2 atom stereocenters. The fraction of sp³-hybridized carbons (Fsp3) is 0.348. The molecule has 1 aliphatic rings. The number of allylic oxidation sites excluding steroid dienone is 1. The monoisotopic (exact) mass is 457 g/mol. The second kappa shape index (κ2) is 10.8. The van der Waals surface area contributed by atoms with Crippen LogP contribution in [0.3, 0.4) is 0 Å². The highest BCUT2D eigenvalue weighted by Gasteiger charge is 2.31. The predicted molar refractivity (Wildman–Crippen MR) is 119 cm³/mol. The Balaban J connectivity index is 1.84. The summed E-state index contributed by atoms with van der Waals surface area (Å²) < 4.78 is 28.2. The SMILES string of the molecule is CC(=O)C(C=C(N)c1ncc(F)c(NC2CCCCC2C(=O)O)n1)=NCc1ccccc1F. The van der Waals surface area contributed by atoms with Crippen LogP contribution in [0.15, 0.2) is 41.5 Å². The summed E-state index contributed by atoms with van der Waals surface area (Å²) in [6, 6.07) is 5.59. The van der Waals surface area contributed by atoms with Crippen LogP contribution < -0.4 is 11.1 Å². The van der Waals surface area contributed by atoms with Gasteiger partial charge in [-0.25, -0.2) is 18.7 Å². The third kappa shape index (κ3) is 6.18. The van der Waals surface area contributed by atoms with Crippen molar-refractivity contribution >= 4 is 29.0 Å². The molecule has 1 aliphatic carbocycles. The summed E-state index contributed by atoms with van der Waals surface area (Å²) in [6.45, 7) is 1.22. The number of aliphatic carboxylic acids is 1. The Hall–Kier alpha value is -3.69. The molecular formula is C23H25F2N5O3. The maximum atomic E-state index is 14.3. The van der Waals surface area contributed by atoms with Gasteiger partial charge in [-0.15, -0.1) is 0 Å². The van der Waals surface area contributed by atoms with Crippen LogP contribution in [-0.4, -0.2) is 38.6 Å². The number of halogens is 2. The number of benzene rings is 1. The first-order valence-electron chi connectivity index (χ1n) is 10.5. The smallest absolute Gasteiger partial charge is 0.308 e. The Morgan fingerprint density at radius 1 is 1.24 bits per heavy atom. The largest absolute Gasteiger partial charge is 0.481 e. The molecule has 3 rings (SSSR count). The molecule has 1 saturated carbocycles. The molecule has 0 spiro atoms. The van der Waals surface area contributed by atoms with Gasteiger partial charge in [0.1, 0.15) is 11.5 Å². The van der Waals surface area contributed by atoms with Gasteiger partial charge in [0.15, 0.2) is 23.2 Å². The van der Waals surface area contributed by atoms with Crippen LogP contribution in [0.2, 0.25) is 0 Å². The highest BCUT2D eigenvalue weighted by molar-refractivity contribution is 6.44. The molecule has 1 aromatic carbocycles. The number of hydrogen-bond acceptors (Lipinski definition) is 7. The second-order valence-corrected chi connectivity index (χ2v) is 7.82. The Morgan fingerprint density at radius 2 is 1.97 bits per heavy atom. The molecule has 1 aromatic heterocycles. The van der Waals surface area contributed by atoms with E-state index < -0.39 is 35.3 Å². The molecule has 0 bridgehead atoms. The van der Waals surface area contributed by atoms with Crippen LogP contribution in [-0.2, 0) is 16.1 Å². The first-order valence-corrected chi connectivity index (χ1v) is 10.5. The molecule has 0 radical (unpaired) electrons. The Labute approximate surface area is 189 Å². The van der Waals surface area contributed by atoms with E-state index in [4.69, 9.17) is 5.73 Å². The van der Waals surface area contributed by atoms with Crippen LogP contribution in [0.5, 0.6) is 0 Å². The van der Waals surface area contributed by atoms with Crippen LogP contribution in [0.25, 0.3) is 5.70 Å². The zero-order chi connectivity index (χ0) is 24.0. The van der Waals surface area contributed by atoms with Crippen molar-refractivity contribution in [1.29, 1.82) is 0 Å². The lowest BCUT2D eigenvalue weighted by Crippen LogP contribution is -2.37. The number of nitrogens with one attached hydrogen (secondary N) is 1. The number of anilines is 1. The van der Waals surface area contributed by atoms with Crippen molar-refractivity contribution in [2.75, 3.05) is 5.32 Å². The summed E-state index contributed by atoms with van der Waals surface area (Å²) in [5.41, 5.74) is 6.30. The lowest BCUT2D eigenvalue weighted by atomic mass is 9.84. The molecule has 8 nitrogen and oxygen atoms in total. The van der Waals surface area contributed by atoms with Crippen LogP contribution >= 0.6 is 0 Å². The van der Waals surface area contributed by atoms with E-state index in [0.717, 1.165) is 19.0 Å². The number of carboxylic acid groups (broad SMARTS) is 1. The maximum Gasteiger partial charge on any atom is 0.308 e. The van der Waals surface area contributed by atoms with Crippen molar-refractivity contribution in [2.24, 2.45) is 16.6 Å². The molecule has 0 amide bonds. The number of aromatic nitrogens is 2. The molecule has 0 aliphatic heterocycles. The van der Waals surface area contributed by atoms with Crippen LogP contribution in [0, 0.1) is 17.6 Å². The van der Waals surface area contributed by atoms with Crippen molar-refractivity contribution in [2.45, 2.75) is 45.2 Å². The molecule has 2 unspecified atom stereocenters. The fourth-order valence-electron chi connectivity index (χ4n) is 3.65. The minimum atomic E-state index is -0.946. The molecule has 0 saturated heterocycles. The van der Waals surface area contributed by atoms with Crippen LogP contribution in [0.4, 0.5) is 14.6 Å². The third-order valence-electron chi connectivity index (χ3n) is 5.44. The molecule has 174 valence electrons. The van der Waals surface area contributed by atoms with Gasteiger partial charge in [-0.05, 0) is 25.0 Å². The number of nitrogens with two attached hydrogens (primary N) is 1. The van der Waals surface area contributed by atoms with Crippen molar-refractivity contribution in [3.63, 3.8) is 0 Å². The molecule has 33 heavy (non-hydrogen) atoms. The van der Waals surface area contributed by atoms with E-state index in [9.17, 15) is 23.5 Å². The molecule has 1 fully saturated rings. The quantitative estimate of drug-likeness (QED) is 0.518. The van der Waals surface area contributed by atoms with Gasteiger partial charge in [-0.3, -0.25) is 14.6 Å². The molecular weight excluding hydrogens is 432 g/mol. The van der Waals surface area contributed by atoms with Gasteiger partial charge in [-0.1, -0.05) is 31.0 Å². The van der Waals surface area contributed by atoms with Gasteiger partial charge in [0.25, 0.3) is 0 Å². The first-order chi connectivity index (χ1) is 15.8. The van der Waals surface area contributed by atoms with Crippen LogP contribution in [0.1, 0.15) is 44.0 Å². The predicted octanol–water partition coefficient (Wildman–Crippen LogP) is 3.34. The van der Waals surface area contributed by atoms with Gasteiger partial charge in [-0.2, -0.15) is 0 Å². The number of hydrogen-bond donors (Lipinski definition) is 3. The highest BCUT2D eigenvalue weighted by Crippen LogP contribution is 2.28. The maximum absolute atomic E-state index is 14.3. The Morgan fingerprint density at radius 3 is 2.67 bits per heavy atom. The average Bonchev–Trinajstić information content (AvgIpc) is 2.79. The van der Waals surface area contributed by atoms with Gasteiger partial charge in [0, 0.05) is 18.5 Å². The second-order valence-electron chi connectivity index (χ2n) is 7.82. The van der Waals surface area contributed by atoms with E-state index in [0.29, 0.717) is 18.4 Å². The zero-order valence-corrected chi connectivity index (χ0v) is 18.1. The molecule has 1 heterocycles. The van der Waals surface area contributed by atoms with Gasteiger partial charge in [0.2, 0.25) is 0 Å².